The molecule has 0 aliphatic heterocycles. The fourth-order valence-electron chi connectivity index (χ4n) is 6.05. The van der Waals surface area contributed by atoms with Crippen LogP contribution in [-0.4, -0.2) is 81.1 Å². The lowest BCUT2D eigenvalue weighted by molar-refractivity contribution is 0.0781. The van der Waals surface area contributed by atoms with Crippen LogP contribution in [0, 0.1) is 0 Å². The Morgan fingerprint density at radius 3 is 1.87 bits per heavy atom. The molecule has 5 rings (SSSR count). The minimum absolute atomic E-state index is 0.0499. The van der Waals surface area contributed by atoms with E-state index in [1.165, 1.54) is 28.7 Å². The number of benzene rings is 4. The van der Waals surface area contributed by atoms with Crippen LogP contribution in [0.3, 0.4) is 0 Å². The summed E-state index contributed by atoms with van der Waals surface area (Å²) >= 11 is 0. The fraction of sp³-hybridized carbons (Fsp3) is 0.325. The molecule has 1 aliphatic carbocycles. The molecule has 234 valence electrons. The molecule has 1 saturated carbocycles. The number of rotatable bonds is 14. The predicted octanol–water partition coefficient (Wildman–Crippen LogP) is 7.56. The average Bonchev–Trinajstić information content (AvgIpc) is 3.88. The minimum atomic E-state index is 0.0499. The largest absolute Gasteiger partial charge is 0.492 e. The quantitative estimate of drug-likeness (QED) is 0.140. The highest BCUT2D eigenvalue weighted by atomic mass is 16.5. The number of carbonyl (C=O) groups excluding carboxylic acids is 1. The van der Waals surface area contributed by atoms with E-state index in [2.05, 4.69) is 121 Å². The molecular weight excluding hydrogens is 554 g/mol. The third-order valence-corrected chi connectivity index (χ3v) is 8.83. The van der Waals surface area contributed by atoms with E-state index < -0.39 is 0 Å². The second-order valence-electron chi connectivity index (χ2n) is 12.4. The number of nitrogens with zero attached hydrogens (tertiary/aromatic N) is 3. The number of ether oxygens (including phenoxy) is 1. The highest BCUT2D eigenvalue weighted by Crippen LogP contribution is 2.44. The molecule has 0 N–H and O–H groups in total. The van der Waals surface area contributed by atoms with Gasteiger partial charge >= 0.3 is 0 Å². The summed E-state index contributed by atoms with van der Waals surface area (Å²) < 4.78 is 5.97. The second kappa shape index (κ2) is 15.2. The summed E-state index contributed by atoms with van der Waals surface area (Å²) in [4.78, 5) is 19.8. The Hall–Kier alpha value is -4.19. The van der Waals surface area contributed by atoms with Crippen LogP contribution in [-0.2, 0) is 0 Å². The molecule has 0 unspecified atom stereocenters. The SMILES string of the molecule is CCC(=C(c1ccc(OCCN(C)C)cc1)c1ccc(C(=O)N(C)CCN(C)[C@H]2C[C@@H]2c2ccccc2)cc1)c1ccccc1. The second-order valence-corrected chi connectivity index (χ2v) is 12.4. The van der Waals surface area contributed by atoms with Crippen LogP contribution in [0.5, 0.6) is 5.75 Å². The Bertz CT molecular complexity index is 1550. The lowest BCUT2D eigenvalue weighted by atomic mass is 9.88. The van der Waals surface area contributed by atoms with Gasteiger partial charge in [-0.05, 0) is 91.7 Å². The Balaban J connectivity index is 1.30. The molecule has 4 aromatic rings. The van der Waals surface area contributed by atoms with Crippen LogP contribution in [0.2, 0.25) is 0 Å². The summed E-state index contributed by atoms with van der Waals surface area (Å²) in [5, 5.41) is 0. The number of hydrogen-bond donors (Lipinski definition) is 0. The van der Waals surface area contributed by atoms with Crippen LogP contribution in [0.15, 0.2) is 109 Å². The first-order valence-corrected chi connectivity index (χ1v) is 16.1. The zero-order chi connectivity index (χ0) is 31.8. The van der Waals surface area contributed by atoms with Crippen molar-refractivity contribution in [2.75, 3.05) is 54.4 Å². The van der Waals surface area contributed by atoms with Crippen molar-refractivity contribution >= 4 is 17.1 Å². The number of likely N-dealkylation sites (N-methyl/N-ethyl adjacent to an activating group) is 3. The van der Waals surface area contributed by atoms with Crippen LogP contribution >= 0.6 is 0 Å². The Kier molecular flexibility index (Phi) is 10.9. The first-order chi connectivity index (χ1) is 21.9. The maximum absolute atomic E-state index is 13.4. The molecule has 0 spiro atoms. The van der Waals surface area contributed by atoms with Crippen LogP contribution in [0.1, 0.15) is 58.3 Å². The molecule has 5 heteroatoms. The molecule has 0 bridgehead atoms. The molecule has 0 radical (unpaired) electrons. The molecule has 0 heterocycles. The van der Waals surface area contributed by atoms with Gasteiger partial charge in [0.2, 0.25) is 0 Å². The maximum Gasteiger partial charge on any atom is 0.253 e. The van der Waals surface area contributed by atoms with Gasteiger partial charge in [0.15, 0.2) is 0 Å². The number of amides is 1. The van der Waals surface area contributed by atoms with Gasteiger partial charge < -0.3 is 19.4 Å². The Morgan fingerprint density at radius 2 is 1.27 bits per heavy atom. The molecule has 4 aromatic carbocycles. The van der Waals surface area contributed by atoms with E-state index >= 15 is 0 Å². The van der Waals surface area contributed by atoms with Gasteiger partial charge in [0.05, 0.1) is 0 Å². The van der Waals surface area contributed by atoms with E-state index in [0.29, 0.717) is 30.7 Å². The van der Waals surface area contributed by atoms with E-state index in [-0.39, 0.29) is 5.91 Å². The van der Waals surface area contributed by atoms with Gasteiger partial charge in [-0.2, -0.15) is 0 Å². The number of hydrogen-bond acceptors (Lipinski definition) is 4. The maximum atomic E-state index is 13.4. The molecule has 1 fully saturated rings. The molecule has 5 nitrogen and oxygen atoms in total. The van der Waals surface area contributed by atoms with Crippen molar-refractivity contribution in [3.8, 4) is 5.75 Å². The van der Waals surface area contributed by atoms with Gasteiger partial charge in [0, 0.05) is 44.2 Å². The molecule has 2 atom stereocenters. The standard InChI is InChI=1S/C40H47N3O2/c1-6-36(30-13-9-7-10-14-30)39(33-21-23-35(24-22-33)45-28-27-41(2)3)32-17-19-34(20-18-32)40(44)43(5)26-25-42(4)38-29-37(38)31-15-11-8-12-16-31/h7-24,37-38H,6,25-29H2,1-5H3/t37-,38+/m1/s1. The van der Waals surface area contributed by atoms with E-state index in [9.17, 15) is 4.79 Å². The van der Waals surface area contributed by atoms with Gasteiger partial charge in [-0.3, -0.25) is 4.79 Å². The monoisotopic (exact) mass is 601 g/mol. The summed E-state index contributed by atoms with van der Waals surface area (Å²) in [7, 11) is 8.18. The van der Waals surface area contributed by atoms with Gasteiger partial charge in [-0.25, -0.2) is 0 Å². The topological polar surface area (TPSA) is 36.0 Å². The predicted molar refractivity (Wildman–Crippen MR) is 187 cm³/mol. The third-order valence-electron chi connectivity index (χ3n) is 8.83. The minimum Gasteiger partial charge on any atom is -0.492 e. The summed E-state index contributed by atoms with van der Waals surface area (Å²) in [6.45, 7) is 5.26. The van der Waals surface area contributed by atoms with Crippen molar-refractivity contribution in [3.05, 3.63) is 137 Å². The molecule has 0 saturated heterocycles. The van der Waals surface area contributed by atoms with E-state index in [0.717, 1.165) is 36.4 Å². The molecule has 1 aliphatic rings. The van der Waals surface area contributed by atoms with Crippen molar-refractivity contribution in [2.45, 2.75) is 31.7 Å². The lowest BCUT2D eigenvalue weighted by Crippen LogP contribution is -2.36. The Morgan fingerprint density at radius 1 is 0.689 bits per heavy atom. The zero-order valence-corrected chi connectivity index (χ0v) is 27.4. The molecule has 45 heavy (non-hydrogen) atoms. The van der Waals surface area contributed by atoms with Crippen molar-refractivity contribution in [1.82, 2.24) is 14.7 Å². The summed E-state index contributed by atoms with van der Waals surface area (Å²) in [5.74, 6) is 1.51. The normalized spacial score (nSPS) is 16.4. The average molecular weight is 602 g/mol. The molecular formula is C40H47N3O2. The van der Waals surface area contributed by atoms with Gasteiger partial charge in [0.25, 0.3) is 5.91 Å². The lowest BCUT2D eigenvalue weighted by Gasteiger charge is -2.23. The molecule has 0 aromatic heterocycles. The highest BCUT2D eigenvalue weighted by molar-refractivity contribution is 6.00. The van der Waals surface area contributed by atoms with Gasteiger partial charge in [-0.15, -0.1) is 0 Å². The van der Waals surface area contributed by atoms with Crippen molar-refractivity contribution < 1.29 is 9.53 Å². The first kappa shape index (κ1) is 32.2. The summed E-state index contributed by atoms with van der Waals surface area (Å²) in [6.07, 6.45) is 2.06. The van der Waals surface area contributed by atoms with E-state index in [1.807, 2.05) is 38.2 Å². The zero-order valence-electron chi connectivity index (χ0n) is 27.4. The van der Waals surface area contributed by atoms with Crippen molar-refractivity contribution in [3.63, 3.8) is 0 Å². The van der Waals surface area contributed by atoms with E-state index in [1.54, 1.807) is 0 Å². The van der Waals surface area contributed by atoms with E-state index in [4.69, 9.17) is 4.74 Å². The highest BCUT2D eigenvalue weighted by Gasteiger charge is 2.40. The smallest absolute Gasteiger partial charge is 0.253 e. The van der Waals surface area contributed by atoms with Crippen LogP contribution in [0.25, 0.3) is 11.1 Å². The van der Waals surface area contributed by atoms with Gasteiger partial charge in [-0.1, -0.05) is 91.9 Å². The fourth-order valence-corrected chi connectivity index (χ4v) is 6.05. The molecule has 1 amide bonds. The summed E-state index contributed by atoms with van der Waals surface area (Å²) in [5.41, 5.74) is 7.99. The Labute approximate surface area is 269 Å². The van der Waals surface area contributed by atoms with Crippen molar-refractivity contribution in [2.24, 2.45) is 0 Å². The van der Waals surface area contributed by atoms with Gasteiger partial charge in [0.1, 0.15) is 12.4 Å². The number of carbonyl (C=O) groups is 1. The van der Waals surface area contributed by atoms with Crippen LogP contribution in [0.4, 0.5) is 0 Å². The third kappa shape index (κ3) is 8.30. The summed E-state index contributed by atoms with van der Waals surface area (Å²) in [6, 6.07) is 38.4. The van der Waals surface area contributed by atoms with Crippen LogP contribution < -0.4 is 4.74 Å². The number of allylic oxidation sites excluding steroid dienone is 1. The first-order valence-electron chi connectivity index (χ1n) is 16.1. The van der Waals surface area contributed by atoms with Crippen molar-refractivity contribution in [1.29, 1.82) is 0 Å².